The fraction of sp³-hybridized carbons (Fsp3) is 0.462. The van der Waals surface area contributed by atoms with Crippen molar-refractivity contribution in [1.29, 1.82) is 0 Å². The summed E-state index contributed by atoms with van der Waals surface area (Å²) in [6.45, 7) is 1.72. The lowest BCUT2D eigenvalue weighted by molar-refractivity contribution is 0.0926. The van der Waals surface area contributed by atoms with E-state index in [0.717, 1.165) is 25.9 Å². The number of carbonyl (C=O) groups excluding carboxylic acids is 1. The molecule has 1 atom stereocenters. The van der Waals surface area contributed by atoms with Crippen molar-refractivity contribution in [2.75, 3.05) is 20.2 Å². The molecule has 1 fully saturated rings. The van der Waals surface area contributed by atoms with Gasteiger partial charge < -0.3 is 15.4 Å². The first kappa shape index (κ1) is 15.7. The van der Waals surface area contributed by atoms with Crippen LogP contribution in [-0.4, -0.2) is 32.1 Å². The second-order valence-corrected chi connectivity index (χ2v) is 4.36. The summed E-state index contributed by atoms with van der Waals surface area (Å²) in [5.74, 6) is -0.525. The van der Waals surface area contributed by atoms with Gasteiger partial charge in [-0.2, -0.15) is 0 Å². The fourth-order valence-corrected chi connectivity index (χ4v) is 2.05. The summed E-state index contributed by atoms with van der Waals surface area (Å²) in [7, 11) is 1.46. The molecule has 0 aliphatic carbocycles. The monoisotopic (exact) mass is 288 g/mol. The number of piperidine rings is 1. The van der Waals surface area contributed by atoms with Gasteiger partial charge in [0.25, 0.3) is 5.91 Å². The molecule has 2 rings (SSSR count). The van der Waals surface area contributed by atoms with E-state index >= 15 is 0 Å². The van der Waals surface area contributed by atoms with Gasteiger partial charge >= 0.3 is 0 Å². The number of rotatable bonds is 3. The highest BCUT2D eigenvalue weighted by atomic mass is 35.5. The Hall–Kier alpha value is -1.33. The van der Waals surface area contributed by atoms with Crippen LogP contribution in [0.2, 0.25) is 0 Å². The predicted octanol–water partition coefficient (Wildman–Crippen LogP) is 1.74. The van der Waals surface area contributed by atoms with Crippen LogP contribution < -0.4 is 15.4 Å². The Morgan fingerprint density at radius 1 is 1.53 bits per heavy atom. The molecular formula is C13H18ClFN2O2. The van der Waals surface area contributed by atoms with Gasteiger partial charge in [0.05, 0.1) is 12.7 Å². The molecule has 0 saturated carbocycles. The molecule has 1 aromatic rings. The predicted molar refractivity (Wildman–Crippen MR) is 73.6 cm³/mol. The lowest BCUT2D eigenvalue weighted by atomic mass is 10.1. The summed E-state index contributed by atoms with van der Waals surface area (Å²) in [5.41, 5.74) is 0.0568. The largest absolute Gasteiger partial charge is 0.497 e. The average molecular weight is 289 g/mol. The van der Waals surface area contributed by atoms with Gasteiger partial charge in [0.1, 0.15) is 11.6 Å². The molecule has 1 amide bonds. The van der Waals surface area contributed by atoms with E-state index in [1.165, 1.54) is 19.2 Å². The van der Waals surface area contributed by atoms with E-state index in [1.807, 2.05) is 0 Å². The number of benzene rings is 1. The van der Waals surface area contributed by atoms with Crippen LogP contribution in [-0.2, 0) is 0 Å². The Balaban J connectivity index is 0.00000180. The first-order valence-electron chi connectivity index (χ1n) is 6.06. The lowest BCUT2D eigenvalue weighted by Crippen LogP contribution is -2.45. The van der Waals surface area contributed by atoms with Gasteiger partial charge in [-0.1, -0.05) is 0 Å². The highest BCUT2D eigenvalue weighted by molar-refractivity contribution is 5.94. The van der Waals surface area contributed by atoms with Crippen LogP contribution in [0.4, 0.5) is 4.39 Å². The summed E-state index contributed by atoms with van der Waals surface area (Å²) >= 11 is 0. The minimum Gasteiger partial charge on any atom is -0.497 e. The van der Waals surface area contributed by atoms with Crippen LogP contribution in [0.25, 0.3) is 0 Å². The van der Waals surface area contributed by atoms with E-state index in [9.17, 15) is 9.18 Å². The summed E-state index contributed by atoms with van der Waals surface area (Å²) in [6.07, 6.45) is 1.95. The van der Waals surface area contributed by atoms with E-state index < -0.39 is 5.82 Å². The number of amides is 1. The van der Waals surface area contributed by atoms with Gasteiger partial charge in [-0.3, -0.25) is 4.79 Å². The SMILES string of the molecule is COc1ccc(C(=O)NC2CCCNC2)c(F)c1.Cl. The van der Waals surface area contributed by atoms with E-state index in [0.29, 0.717) is 5.75 Å². The maximum Gasteiger partial charge on any atom is 0.254 e. The number of hydrogen-bond donors (Lipinski definition) is 2. The van der Waals surface area contributed by atoms with Crippen LogP contribution >= 0.6 is 12.4 Å². The zero-order valence-corrected chi connectivity index (χ0v) is 11.6. The van der Waals surface area contributed by atoms with Gasteiger partial charge in [0, 0.05) is 18.7 Å². The maximum absolute atomic E-state index is 13.7. The van der Waals surface area contributed by atoms with Crippen molar-refractivity contribution in [3.63, 3.8) is 0 Å². The van der Waals surface area contributed by atoms with Crippen LogP contribution in [0.5, 0.6) is 5.75 Å². The quantitative estimate of drug-likeness (QED) is 0.891. The zero-order chi connectivity index (χ0) is 13.0. The normalized spacial score (nSPS) is 18.3. The van der Waals surface area contributed by atoms with Crippen LogP contribution in [0.1, 0.15) is 23.2 Å². The van der Waals surface area contributed by atoms with E-state index in [-0.39, 0.29) is 29.9 Å². The molecule has 2 N–H and O–H groups in total. The molecule has 0 radical (unpaired) electrons. The third-order valence-electron chi connectivity index (χ3n) is 3.05. The third kappa shape index (κ3) is 4.08. The van der Waals surface area contributed by atoms with Gasteiger partial charge in [-0.25, -0.2) is 4.39 Å². The maximum atomic E-state index is 13.7. The first-order valence-corrected chi connectivity index (χ1v) is 6.06. The van der Waals surface area contributed by atoms with Crippen molar-refractivity contribution in [2.45, 2.75) is 18.9 Å². The molecule has 6 heteroatoms. The third-order valence-corrected chi connectivity index (χ3v) is 3.05. The van der Waals surface area contributed by atoms with E-state index in [2.05, 4.69) is 10.6 Å². The Bertz CT molecular complexity index is 437. The summed E-state index contributed by atoms with van der Waals surface area (Å²) < 4.78 is 18.6. The average Bonchev–Trinajstić information content (AvgIpc) is 2.39. The molecule has 0 spiro atoms. The Morgan fingerprint density at radius 3 is 2.89 bits per heavy atom. The molecule has 1 aliphatic rings. The molecule has 106 valence electrons. The molecular weight excluding hydrogens is 271 g/mol. The second-order valence-electron chi connectivity index (χ2n) is 4.36. The highest BCUT2D eigenvalue weighted by Gasteiger charge is 2.18. The molecule has 4 nitrogen and oxygen atoms in total. The van der Waals surface area contributed by atoms with Crippen LogP contribution in [0.15, 0.2) is 18.2 Å². The van der Waals surface area contributed by atoms with Gasteiger partial charge in [-0.05, 0) is 31.5 Å². The standard InChI is InChI=1S/C13H17FN2O2.ClH/c1-18-10-4-5-11(12(14)7-10)13(17)16-9-3-2-6-15-8-9;/h4-5,7,9,15H,2-3,6,8H2,1H3,(H,16,17);1H. The summed E-state index contributed by atoms with van der Waals surface area (Å²) in [5, 5.41) is 6.03. The van der Waals surface area contributed by atoms with E-state index in [1.54, 1.807) is 6.07 Å². The Labute approximate surface area is 118 Å². The fourth-order valence-electron chi connectivity index (χ4n) is 2.05. The second kappa shape index (κ2) is 7.31. The van der Waals surface area contributed by atoms with Crippen LogP contribution in [0, 0.1) is 5.82 Å². The lowest BCUT2D eigenvalue weighted by Gasteiger charge is -2.23. The number of ether oxygens (including phenoxy) is 1. The first-order chi connectivity index (χ1) is 8.70. The number of nitrogens with one attached hydrogen (secondary N) is 2. The molecule has 1 aliphatic heterocycles. The van der Waals surface area contributed by atoms with Gasteiger partial charge in [0.2, 0.25) is 0 Å². The molecule has 0 bridgehead atoms. The van der Waals surface area contributed by atoms with Crippen molar-refractivity contribution in [2.24, 2.45) is 0 Å². The van der Waals surface area contributed by atoms with Crippen molar-refractivity contribution in [3.8, 4) is 5.75 Å². The minimum absolute atomic E-state index is 0. The van der Waals surface area contributed by atoms with E-state index in [4.69, 9.17) is 4.74 Å². The summed E-state index contributed by atoms with van der Waals surface area (Å²) in [6, 6.07) is 4.32. The number of methoxy groups -OCH3 is 1. The van der Waals surface area contributed by atoms with Crippen molar-refractivity contribution in [3.05, 3.63) is 29.6 Å². The van der Waals surface area contributed by atoms with Crippen molar-refractivity contribution < 1.29 is 13.9 Å². The molecule has 0 aromatic heterocycles. The number of carbonyl (C=O) groups is 1. The smallest absolute Gasteiger partial charge is 0.254 e. The molecule has 1 unspecified atom stereocenters. The van der Waals surface area contributed by atoms with Crippen molar-refractivity contribution in [1.82, 2.24) is 10.6 Å². The molecule has 1 saturated heterocycles. The molecule has 1 aromatic carbocycles. The number of halogens is 2. The zero-order valence-electron chi connectivity index (χ0n) is 10.7. The topological polar surface area (TPSA) is 50.4 Å². The Kier molecular flexibility index (Phi) is 6.05. The summed E-state index contributed by atoms with van der Waals surface area (Å²) in [4.78, 5) is 11.9. The van der Waals surface area contributed by atoms with Gasteiger partial charge in [0.15, 0.2) is 0 Å². The minimum atomic E-state index is -0.560. The highest BCUT2D eigenvalue weighted by Crippen LogP contribution is 2.16. The molecule has 1 heterocycles. The van der Waals surface area contributed by atoms with Crippen molar-refractivity contribution >= 4 is 18.3 Å². The Morgan fingerprint density at radius 2 is 2.32 bits per heavy atom. The van der Waals surface area contributed by atoms with Gasteiger partial charge in [-0.15, -0.1) is 12.4 Å². The van der Waals surface area contributed by atoms with Crippen LogP contribution in [0.3, 0.4) is 0 Å². The number of hydrogen-bond acceptors (Lipinski definition) is 3. The molecule has 19 heavy (non-hydrogen) atoms.